The number of nitrogens with zero attached hydrogens (tertiary/aromatic N) is 1. The van der Waals surface area contributed by atoms with E-state index in [9.17, 15) is 23.2 Å². The smallest absolute Gasteiger partial charge is 0.245 e. The summed E-state index contributed by atoms with van der Waals surface area (Å²) in [4.78, 5) is 34.8. The predicted molar refractivity (Wildman–Crippen MR) is 172 cm³/mol. The average Bonchev–Trinajstić information content (AvgIpc) is 2.96. The summed E-state index contributed by atoms with van der Waals surface area (Å²) < 4.78 is 25.5. The lowest BCUT2D eigenvalue weighted by molar-refractivity contribution is -0.123. The molecule has 0 bridgehead atoms. The summed E-state index contributed by atoms with van der Waals surface area (Å²) in [5, 5.41) is 15.6. The number of fused-ring (bicyclic) bond motifs is 1. The van der Waals surface area contributed by atoms with Crippen molar-refractivity contribution in [1.29, 1.82) is 0 Å². The fourth-order valence-corrected chi connectivity index (χ4v) is 3.41. The van der Waals surface area contributed by atoms with E-state index in [4.69, 9.17) is 5.11 Å². The topological polar surface area (TPSA) is 108 Å². The Bertz CT molecular complexity index is 1190. The van der Waals surface area contributed by atoms with E-state index < -0.39 is 6.61 Å². The van der Waals surface area contributed by atoms with Crippen molar-refractivity contribution in [3.05, 3.63) is 77.1 Å². The summed E-state index contributed by atoms with van der Waals surface area (Å²) in [6, 6.07) is 11.8. The second-order valence-electron chi connectivity index (χ2n) is 9.80. The van der Waals surface area contributed by atoms with Crippen molar-refractivity contribution >= 4 is 28.4 Å². The zero-order valence-corrected chi connectivity index (χ0v) is 27.3. The van der Waals surface area contributed by atoms with Crippen LogP contribution >= 0.6 is 0 Å². The molecule has 0 aliphatic carbocycles. The molecule has 43 heavy (non-hydrogen) atoms. The van der Waals surface area contributed by atoms with Gasteiger partial charge >= 0.3 is 0 Å². The first kappa shape index (κ1) is 41.4. The lowest BCUT2D eigenvalue weighted by atomic mass is 10.1. The molecule has 1 aromatic heterocycles. The number of carbonyl (C=O) groups excluding carboxylic acids is 3. The maximum Gasteiger partial charge on any atom is 0.245 e. The lowest BCUT2D eigenvalue weighted by Gasteiger charge is -2.11. The second kappa shape index (κ2) is 24.8. The highest BCUT2D eigenvalue weighted by atomic mass is 19.1. The molecule has 3 aromatic rings. The first-order chi connectivity index (χ1) is 20.3. The van der Waals surface area contributed by atoms with Crippen LogP contribution in [-0.2, 0) is 20.8 Å². The number of aryl methyl sites for hydroxylation is 2. The Morgan fingerprint density at radius 2 is 1.58 bits per heavy atom. The highest BCUT2D eigenvalue weighted by molar-refractivity contribution is 5.81. The average molecular weight is 604 g/mol. The van der Waals surface area contributed by atoms with Gasteiger partial charge in [-0.2, -0.15) is 0 Å². The Morgan fingerprint density at radius 1 is 0.953 bits per heavy atom. The third-order valence-electron chi connectivity index (χ3n) is 5.62. The van der Waals surface area contributed by atoms with Crippen LogP contribution in [0.1, 0.15) is 78.1 Å². The number of Topliss-reactive ketones (excluding diaryl/α,β-unsaturated/α-hetero) is 1. The monoisotopic (exact) mass is 603 g/mol. The molecule has 0 radical (unpaired) electrons. The minimum absolute atomic E-state index is 0.0181. The van der Waals surface area contributed by atoms with Crippen LogP contribution in [0, 0.1) is 31.4 Å². The van der Waals surface area contributed by atoms with E-state index in [0.29, 0.717) is 19.0 Å². The van der Waals surface area contributed by atoms with E-state index in [1.165, 1.54) is 39.0 Å². The molecule has 1 heterocycles. The van der Waals surface area contributed by atoms with Gasteiger partial charge in [-0.3, -0.25) is 14.6 Å². The first-order valence-electron chi connectivity index (χ1n) is 14.7. The SMILES string of the molecule is CC.CC(=O)NCC(C)CCCNC(=O)CO.CC(C)=O.CCc1cccc(F)c1C.Cc1cc2cc(F)ccc2cn1. The van der Waals surface area contributed by atoms with Crippen LogP contribution in [0.2, 0.25) is 0 Å². The van der Waals surface area contributed by atoms with Gasteiger partial charge in [0.2, 0.25) is 11.8 Å². The Kier molecular flexibility index (Phi) is 23.9. The lowest BCUT2D eigenvalue weighted by Crippen LogP contribution is -2.28. The van der Waals surface area contributed by atoms with E-state index in [1.807, 2.05) is 53.7 Å². The molecule has 2 aromatic carbocycles. The van der Waals surface area contributed by atoms with Gasteiger partial charge in [0.25, 0.3) is 0 Å². The number of benzene rings is 2. The van der Waals surface area contributed by atoms with Crippen LogP contribution in [0.5, 0.6) is 0 Å². The minimum atomic E-state index is -0.457. The Morgan fingerprint density at radius 3 is 2.12 bits per heavy atom. The number of hydrogen-bond donors (Lipinski definition) is 3. The van der Waals surface area contributed by atoms with Gasteiger partial charge in [0.15, 0.2) is 0 Å². The fourth-order valence-electron chi connectivity index (χ4n) is 3.41. The number of hydrogen-bond acceptors (Lipinski definition) is 5. The van der Waals surface area contributed by atoms with Crippen LogP contribution in [0.3, 0.4) is 0 Å². The Labute approximate surface area is 256 Å². The number of nitrogens with one attached hydrogen (secondary N) is 2. The summed E-state index contributed by atoms with van der Waals surface area (Å²) in [5.74, 6) is -0.0904. The molecule has 0 saturated heterocycles. The molecular weight excluding hydrogens is 552 g/mol. The van der Waals surface area contributed by atoms with Crippen molar-refractivity contribution in [2.75, 3.05) is 19.7 Å². The first-order valence-corrected chi connectivity index (χ1v) is 14.7. The number of rotatable bonds is 8. The van der Waals surface area contributed by atoms with Crippen molar-refractivity contribution in [3.63, 3.8) is 0 Å². The third-order valence-corrected chi connectivity index (χ3v) is 5.62. The Balaban J connectivity index is 0. The quantitative estimate of drug-likeness (QED) is 0.250. The van der Waals surface area contributed by atoms with Gasteiger partial charge in [0.1, 0.15) is 24.0 Å². The highest BCUT2D eigenvalue weighted by Gasteiger charge is 2.03. The van der Waals surface area contributed by atoms with Crippen LogP contribution in [0.4, 0.5) is 8.78 Å². The number of pyridine rings is 1. The summed E-state index contributed by atoms with van der Waals surface area (Å²) >= 11 is 0. The molecule has 3 N–H and O–H groups in total. The normalized spacial score (nSPS) is 10.1. The summed E-state index contributed by atoms with van der Waals surface area (Å²) in [7, 11) is 0. The molecule has 0 saturated carbocycles. The standard InChI is InChI=1S/C10H8FN.C10H20N2O3.C9H11F.C3H6O.C2H6/c1-7-4-9-5-10(11)3-2-8(9)6-12-7;1-8(6-12-9(2)14)4-3-5-11-10(15)7-13;1-3-8-5-4-6-9(10)7(8)2;1-3(2)4;1-2/h2-6H,1H3;8,13H,3-7H2,1-2H3,(H,11,15)(H,12,14);4-6H,3H2,1-2H3;1-2H3;1-2H3. The van der Waals surface area contributed by atoms with Gasteiger partial charge in [-0.15, -0.1) is 0 Å². The number of halogens is 2. The number of aromatic nitrogens is 1. The van der Waals surface area contributed by atoms with Gasteiger partial charge in [-0.25, -0.2) is 8.78 Å². The van der Waals surface area contributed by atoms with Crippen LogP contribution in [0.25, 0.3) is 10.8 Å². The van der Waals surface area contributed by atoms with Crippen molar-refractivity contribution < 1.29 is 28.3 Å². The number of ketones is 1. The Hall–Kier alpha value is -3.72. The molecule has 3 rings (SSSR count). The van der Waals surface area contributed by atoms with E-state index >= 15 is 0 Å². The van der Waals surface area contributed by atoms with Crippen LogP contribution in [-0.4, -0.2) is 47.4 Å². The van der Waals surface area contributed by atoms with Gasteiger partial charge in [0, 0.05) is 37.3 Å². The summed E-state index contributed by atoms with van der Waals surface area (Å²) in [6.07, 6.45) is 4.45. The predicted octanol–water partition coefficient (Wildman–Crippen LogP) is 6.65. The van der Waals surface area contributed by atoms with Crippen LogP contribution < -0.4 is 10.6 Å². The minimum Gasteiger partial charge on any atom is -0.387 e. The molecule has 0 aliphatic rings. The number of aliphatic hydroxyl groups is 1. The van der Waals surface area contributed by atoms with Crippen molar-refractivity contribution in [2.24, 2.45) is 5.92 Å². The third kappa shape index (κ3) is 21.6. The van der Waals surface area contributed by atoms with Gasteiger partial charge in [0.05, 0.1) is 0 Å². The van der Waals surface area contributed by atoms with Crippen molar-refractivity contribution in [2.45, 2.75) is 81.6 Å². The number of amides is 2. The van der Waals surface area contributed by atoms with Crippen molar-refractivity contribution in [3.8, 4) is 0 Å². The zero-order chi connectivity index (χ0) is 33.4. The largest absolute Gasteiger partial charge is 0.387 e. The van der Waals surface area contributed by atoms with E-state index in [0.717, 1.165) is 46.9 Å². The molecule has 240 valence electrons. The van der Waals surface area contributed by atoms with Crippen LogP contribution in [0.15, 0.2) is 48.7 Å². The van der Waals surface area contributed by atoms with E-state index in [1.54, 1.807) is 18.3 Å². The second-order valence-corrected chi connectivity index (χ2v) is 9.80. The van der Waals surface area contributed by atoms with E-state index in [-0.39, 0.29) is 29.2 Å². The maximum atomic E-state index is 12.8. The summed E-state index contributed by atoms with van der Waals surface area (Å²) in [5.41, 5.74) is 2.79. The van der Waals surface area contributed by atoms with E-state index in [2.05, 4.69) is 15.6 Å². The number of carbonyl (C=O) groups is 3. The molecule has 9 heteroatoms. The molecule has 0 fully saturated rings. The maximum absolute atomic E-state index is 12.8. The fraction of sp³-hybridized carbons (Fsp3) is 0.471. The zero-order valence-electron chi connectivity index (χ0n) is 27.3. The molecule has 1 unspecified atom stereocenters. The molecule has 0 spiro atoms. The molecule has 0 aliphatic heterocycles. The summed E-state index contributed by atoms with van der Waals surface area (Å²) in [6.45, 7) is 17.1. The number of aliphatic hydroxyl groups excluding tert-OH is 1. The van der Waals surface area contributed by atoms with Crippen molar-refractivity contribution in [1.82, 2.24) is 15.6 Å². The van der Waals surface area contributed by atoms with Gasteiger partial charge < -0.3 is 20.5 Å². The van der Waals surface area contributed by atoms with Gasteiger partial charge in [-0.1, -0.05) is 39.8 Å². The van der Waals surface area contributed by atoms with Gasteiger partial charge in [-0.05, 0) is 99.7 Å². The molecule has 2 amide bonds. The molecule has 7 nitrogen and oxygen atoms in total. The highest BCUT2D eigenvalue weighted by Crippen LogP contribution is 2.15. The molecule has 1 atom stereocenters. The molecular formula is C34H51F2N3O4.